The molecule has 1 unspecified atom stereocenters. The predicted molar refractivity (Wildman–Crippen MR) is 534 cm³/mol. The number of hydrogen-bond acceptors (Lipinski definition) is 27. The van der Waals surface area contributed by atoms with Gasteiger partial charge in [-0.3, -0.25) is 37.9 Å². The number of esters is 4. The summed E-state index contributed by atoms with van der Waals surface area (Å²) in [5.41, 5.74) is 13.0. The normalized spacial score (nSPS) is 10.1. The maximum Gasteiger partial charge on any atom is 1.00 e. The average Bonchev–Trinajstić information content (AvgIpc) is 1.62. The number of Topliss-reactive ketones (excluding diaryl/α,β-unsaturated/α-hetero) is 6. The molecule has 0 radical (unpaired) electrons. The third-order valence-corrected chi connectivity index (χ3v) is 21.3. The molecule has 0 spiro atoms. The smallest absolute Gasteiger partial charge is 0.870 e. The molecule has 744 valence electrons. The predicted octanol–water partition coefficient (Wildman–Crippen LogP) is 17.3. The number of carbonyl (C=O) groups excluding carboxylic acids is 11. The van der Waals surface area contributed by atoms with Gasteiger partial charge in [0.25, 0.3) is 0 Å². The van der Waals surface area contributed by atoms with E-state index in [1.165, 1.54) is 89.7 Å². The second kappa shape index (κ2) is 67.2. The molecule has 139 heavy (non-hydrogen) atoms. The van der Waals surface area contributed by atoms with E-state index in [1.54, 1.807) is 152 Å². The molecule has 0 saturated heterocycles. The van der Waals surface area contributed by atoms with E-state index < -0.39 is 46.9 Å². The van der Waals surface area contributed by atoms with Gasteiger partial charge in [-0.1, -0.05) is 175 Å². The van der Waals surface area contributed by atoms with E-state index in [0.29, 0.717) is 75.2 Å². The number of aromatic carboxylic acids is 1. The SMILES string of the molecule is BrCc1ccccc1.CC(=O)CBr.CCC(CC)CC.CCOC(=O)C(C)=O.CCOC(=O)CC(CC(C)=O)c1ccc(OC)cc1.CCOC(=O)c1c(O)c(O)c(C(C)=O)n1-c1ccc(OC)cc1.CCOC(=O)c1c(OCc2ccccc2)c(C)c(C(C)=O)n1-c1ccc(OC)cc1.COc1ccc(-n2c(C(C)=O)c(C)c(OCc3ccccc3)c2C(=O)[O-])cc1.COc1ccc(N)cc1.[Na+].[OH-]. The van der Waals surface area contributed by atoms with Crippen LogP contribution in [0.2, 0.25) is 0 Å². The monoisotopic (exact) mass is 2050 g/mol. The Morgan fingerprint density at radius 2 is 0.698 bits per heavy atom. The number of rotatable bonds is 35. The molecule has 11 aromatic rings. The number of hydrogen-bond donors (Lipinski definition) is 3. The number of anilines is 1. The molecule has 8 aromatic carbocycles. The first-order chi connectivity index (χ1) is 65.4. The van der Waals surface area contributed by atoms with Crippen molar-refractivity contribution in [2.45, 2.75) is 160 Å². The Bertz CT molecular complexity index is 5600. The number of aromatic nitrogens is 3. The first-order valence-electron chi connectivity index (χ1n) is 44.0. The van der Waals surface area contributed by atoms with Gasteiger partial charge in [0.15, 0.2) is 51.7 Å². The van der Waals surface area contributed by atoms with Crippen LogP contribution < -0.4 is 73.6 Å². The van der Waals surface area contributed by atoms with Gasteiger partial charge in [-0.15, -0.1) is 0 Å². The summed E-state index contributed by atoms with van der Waals surface area (Å²) in [5, 5.41) is 33.5. The van der Waals surface area contributed by atoms with Crippen LogP contribution in [0.4, 0.5) is 5.69 Å². The van der Waals surface area contributed by atoms with Gasteiger partial charge in [-0.2, -0.15) is 0 Å². The van der Waals surface area contributed by atoms with Crippen LogP contribution in [0.1, 0.15) is 224 Å². The minimum Gasteiger partial charge on any atom is -0.870 e. The number of nitrogens with two attached hydrogens (primary N) is 1. The zero-order chi connectivity index (χ0) is 102. The minimum atomic E-state index is -1.42. The van der Waals surface area contributed by atoms with Gasteiger partial charge in [0.1, 0.15) is 64.9 Å². The second-order valence-electron chi connectivity index (χ2n) is 29.7. The fraction of sp³-hybridized carbons (Fsp3) is 0.330. The van der Waals surface area contributed by atoms with E-state index in [9.17, 15) is 68.1 Å². The van der Waals surface area contributed by atoms with Crippen LogP contribution in [0.3, 0.4) is 0 Å². The second-order valence-corrected chi connectivity index (χ2v) is 30.8. The van der Waals surface area contributed by atoms with E-state index in [4.69, 9.17) is 53.1 Å². The van der Waals surface area contributed by atoms with Crippen LogP contribution >= 0.6 is 31.9 Å². The fourth-order valence-electron chi connectivity index (χ4n) is 13.0. The first-order valence-corrected chi connectivity index (χ1v) is 46.2. The van der Waals surface area contributed by atoms with Crippen LogP contribution in [0.25, 0.3) is 17.1 Å². The van der Waals surface area contributed by atoms with Crippen molar-refractivity contribution in [1.82, 2.24) is 13.7 Å². The molecule has 0 fully saturated rings. The molecule has 1 atom stereocenters. The van der Waals surface area contributed by atoms with Crippen molar-refractivity contribution < 1.29 is 155 Å². The van der Waals surface area contributed by atoms with Crippen molar-refractivity contribution in [1.29, 1.82) is 0 Å². The van der Waals surface area contributed by atoms with Crippen molar-refractivity contribution in [3.05, 3.63) is 280 Å². The summed E-state index contributed by atoms with van der Waals surface area (Å²) >= 11 is 6.32. The molecule has 0 aliphatic rings. The molecular weight excluding hydrogens is 1930 g/mol. The molecule has 3 heterocycles. The average molecular weight is 2060 g/mol. The number of benzene rings is 8. The summed E-state index contributed by atoms with van der Waals surface area (Å²) in [7, 11) is 7.85. The summed E-state index contributed by atoms with van der Waals surface area (Å²) < 4.78 is 60.9. The summed E-state index contributed by atoms with van der Waals surface area (Å²) in [6.45, 7) is 26.7. The number of carbonyl (C=O) groups is 11. The number of nitrogens with zero attached hydrogens (tertiary/aromatic N) is 3. The van der Waals surface area contributed by atoms with Gasteiger partial charge >= 0.3 is 53.4 Å². The van der Waals surface area contributed by atoms with Gasteiger partial charge in [0.2, 0.25) is 5.78 Å². The number of methoxy groups -OCH3 is 5. The Hall–Kier alpha value is -13.1. The molecule has 30 nitrogen and oxygen atoms in total. The molecule has 0 aliphatic carbocycles. The molecule has 5 N–H and O–H groups in total. The molecular formula is C106H128Br2N4NaO26-. The number of alkyl halides is 2. The van der Waals surface area contributed by atoms with E-state index in [1.807, 2.05) is 115 Å². The van der Waals surface area contributed by atoms with Gasteiger partial charge in [-0.25, -0.2) is 14.4 Å². The zero-order valence-corrected chi connectivity index (χ0v) is 88.1. The third-order valence-electron chi connectivity index (χ3n) is 19.8. The molecule has 0 amide bonds. The molecule has 0 saturated carbocycles. The number of halogens is 2. The van der Waals surface area contributed by atoms with E-state index in [0.717, 1.165) is 45.1 Å². The summed E-state index contributed by atoms with van der Waals surface area (Å²) in [6, 6.07) is 64.3. The van der Waals surface area contributed by atoms with Crippen LogP contribution in [-0.4, -0.2) is 161 Å². The number of ether oxygens (including phenoxy) is 11. The minimum absolute atomic E-state index is 0. The summed E-state index contributed by atoms with van der Waals surface area (Å²) in [6.07, 6.45) is 4.62. The molecule has 0 bridgehead atoms. The number of carboxylic acid groups (broad SMARTS) is 1. The Morgan fingerprint density at radius 1 is 0.388 bits per heavy atom. The van der Waals surface area contributed by atoms with Gasteiger partial charge < -0.3 is 92.8 Å². The van der Waals surface area contributed by atoms with E-state index in [-0.39, 0.29) is 144 Å². The van der Waals surface area contributed by atoms with Crippen LogP contribution in [0.5, 0.6) is 51.7 Å². The third kappa shape index (κ3) is 40.8. The Morgan fingerprint density at radius 3 is 0.978 bits per heavy atom. The van der Waals surface area contributed by atoms with Crippen molar-refractivity contribution in [3.63, 3.8) is 0 Å². The van der Waals surface area contributed by atoms with Crippen molar-refractivity contribution in [2.24, 2.45) is 5.92 Å². The van der Waals surface area contributed by atoms with Gasteiger partial charge in [0.05, 0.1) is 91.1 Å². The standard InChI is InChI=1S/C24H25NO5.C22H21NO5.C16H17NO6.C15H20O4.C7H7Br.C7H9NO.C7H16.C5H8O3.C3H5BrO.Na.H2O/c1-5-29-24(27)22-23(30-15-18-9-7-6-8-10-18)16(2)21(17(3)26)25(22)19-11-13-20(28-4)14-12-19;1-14-19(15(2)24)23(17-9-11-18(27-3)12-10-17)20(22(25)26)21(14)28-13-16-7-5-4-6-8-16;1-4-23-16(21)13-15(20)14(19)12(9(2)18)17(13)10-5-7-11(22-3)8-6-10;1-4-19-15(17)10-13(9-11(2)16)12-5-7-14(18-3)8-6-12;8-6-7-4-2-1-3-5-7;1-9-7-4-2-6(8)3-5-7;1-4-7(5-2)6-3;1-3-8-5(7)4(2)6;1-3(5)2-4;;/h6-14H,5,15H2,1-4H3;4-12H,13H2,1-3H3,(H,25,26);5-8,19-20H,4H2,1-3H3;5-8,13H,4,9-10H2,1-3H3;1-5H,6H2;2-5H,8H2,1H3;7H,4-6H2,1-3H3;3H2,1-2H3;2H2,1H3;;1H2/q;;;;;;;;;+1;/p-2. The number of carboxylic acids is 1. The van der Waals surface area contributed by atoms with Crippen LogP contribution in [0, 0.1) is 19.8 Å². The van der Waals surface area contributed by atoms with Crippen molar-refractivity contribution >= 4 is 102 Å². The maximum atomic E-state index is 12.9. The quantitative estimate of drug-likeness (QED) is 0.00631. The largest absolute Gasteiger partial charge is 1.00 e. The summed E-state index contributed by atoms with van der Waals surface area (Å²) in [5.74, 6) is -1.69. The van der Waals surface area contributed by atoms with E-state index in [2.05, 4.69) is 69.5 Å². The number of aromatic hydroxyl groups is 2. The Balaban J connectivity index is 0.000000826. The maximum absolute atomic E-state index is 12.9. The first kappa shape index (κ1) is 124. The van der Waals surface area contributed by atoms with Gasteiger partial charge in [-0.05, 0) is 193 Å². The Labute approximate surface area is 852 Å². The molecule has 3 aromatic heterocycles. The van der Waals surface area contributed by atoms with E-state index >= 15 is 0 Å². The Kier molecular flexibility index (Phi) is 59.9. The topological polar surface area (TPSA) is 424 Å². The molecule has 11 rings (SSSR count). The zero-order valence-electron chi connectivity index (χ0n) is 83.0. The summed E-state index contributed by atoms with van der Waals surface area (Å²) in [4.78, 5) is 127. The van der Waals surface area contributed by atoms with Crippen LogP contribution in [-0.2, 0) is 61.5 Å². The fourth-order valence-corrected chi connectivity index (χ4v) is 13.4. The van der Waals surface area contributed by atoms with Gasteiger partial charge in [0, 0.05) is 79.2 Å². The van der Waals surface area contributed by atoms with Crippen molar-refractivity contribution in [2.75, 3.05) is 73.0 Å². The van der Waals surface area contributed by atoms with Crippen molar-refractivity contribution in [3.8, 4) is 68.8 Å². The molecule has 33 heteroatoms. The molecule has 0 aliphatic heterocycles. The van der Waals surface area contributed by atoms with Crippen LogP contribution in [0.15, 0.2) is 212 Å². The number of nitrogen functional groups attached to an aromatic ring is 1. The number of ketones is 6.